The molecule has 0 unspecified atom stereocenters. The zero-order chi connectivity index (χ0) is 13.8. The summed E-state index contributed by atoms with van der Waals surface area (Å²) in [5, 5.41) is 0. The molecule has 4 heteroatoms. The third kappa shape index (κ3) is 2.95. The van der Waals surface area contributed by atoms with Crippen molar-refractivity contribution in [3.8, 4) is 0 Å². The van der Waals surface area contributed by atoms with E-state index in [9.17, 15) is 4.39 Å². The van der Waals surface area contributed by atoms with Gasteiger partial charge in [-0.1, -0.05) is 12.5 Å². The minimum Gasteiger partial charge on any atom is -0.330 e. The van der Waals surface area contributed by atoms with Crippen molar-refractivity contribution in [2.45, 2.75) is 45.6 Å². The zero-order valence-electron chi connectivity index (χ0n) is 11.7. The fourth-order valence-electron chi connectivity index (χ4n) is 2.49. The highest BCUT2D eigenvalue weighted by atomic mass is 19.1. The highest BCUT2D eigenvalue weighted by Gasteiger charge is 2.15. The molecule has 0 spiro atoms. The van der Waals surface area contributed by atoms with Gasteiger partial charge in [-0.25, -0.2) is 9.37 Å². The van der Waals surface area contributed by atoms with Gasteiger partial charge in [-0.15, -0.1) is 0 Å². The zero-order valence-corrected chi connectivity index (χ0v) is 11.7. The van der Waals surface area contributed by atoms with Crippen molar-refractivity contribution in [1.82, 2.24) is 9.55 Å². The Labute approximate surface area is 113 Å². The molecule has 0 radical (unpaired) electrons. The molecule has 1 aromatic carbocycles. The standard InChI is InChI=1S/C15H22FN3/c1-11(2)19-13-8-6-7-12(16)15(13)18-14(19)9-4-3-5-10-17/h6-8,11H,3-5,9-10,17H2,1-2H3. The van der Waals surface area contributed by atoms with Crippen LogP contribution in [0.4, 0.5) is 4.39 Å². The van der Waals surface area contributed by atoms with Crippen LogP contribution in [0.1, 0.15) is 45.0 Å². The Morgan fingerprint density at radius 3 is 2.74 bits per heavy atom. The van der Waals surface area contributed by atoms with Crippen molar-refractivity contribution in [2.24, 2.45) is 5.73 Å². The number of nitrogens with zero attached hydrogens (tertiary/aromatic N) is 2. The first-order chi connectivity index (χ1) is 9.15. The second-order valence-corrected chi connectivity index (χ2v) is 5.20. The first-order valence-corrected chi connectivity index (χ1v) is 7.00. The van der Waals surface area contributed by atoms with E-state index in [2.05, 4.69) is 23.4 Å². The Bertz CT molecular complexity index is 546. The maximum absolute atomic E-state index is 13.8. The van der Waals surface area contributed by atoms with Gasteiger partial charge in [0.05, 0.1) is 5.52 Å². The third-order valence-electron chi connectivity index (χ3n) is 3.36. The van der Waals surface area contributed by atoms with Gasteiger partial charge in [0.2, 0.25) is 0 Å². The summed E-state index contributed by atoms with van der Waals surface area (Å²) in [6, 6.07) is 5.44. The second kappa shape index (κ2) is 6.15. The van der Waals surface area contributed by atoms with E-state index in [-0.39, 0.29) is 11.9 Å². The first kappa shape index (κ1) is 14.0. The number of fused-ring (bicyclic) bond motifs is 1. The number of aromatic nitrogens is 2. The molecule has 0 saturated carbocycles. The molecule has 3 nitrogen and oxygen atoms in total. The van der Waals surface area contributed by atoms with Crippen LogP contribution in [0.25, 0.3) is 11.0 Å². The number of benzene rings is 1. The average Bonchev–Trinajstić information content (AvgIpc) is 2.74. The number of rotatable bonds is 6. The summed E-state index contributed by atoms with van der Waals surface area (Å²) in [7, 11) is 0. The molecule has 0 bridgehead atoms. The largest absolute Gasteiger partial charge is 0.330 e. The Hall–Kier alpha value is -1.42. The number of halogens is 1. The topological polar surface area (TPSA) is 43.8 Å². The summed E-state index contributed by atoms with van der Waals surface area (Å²) in [5.74, 6) is 0.743. The Morgan fingerprint density at radius 2 is 2.05 bits per heavy atom. The van der Waals surface area contributed by atoms with Crippen LogP contribution in [0.15, 0.2) is 18.2 Å². The highest BCUT2D eigenvalue weighted by molar-refractivity contribution is 5.76. The van der Waals surface area contributed by atoms with Crippen LogP contribution in [-0.4, -0.2) is 16.1 Å². The van der Waals surface area contributed by atoms with Crippen LogP contribution in [0.3, 0.4) is 0 Å². The van der Waals surface area contributed by atoms with E-state index >= 15 is 0 Å². The first-order valence-electron chi connectivity index (χ1n) is 7.00. The SMILES string of the molecule is CC(C)n1c(CCCCCN)nc2c(F)cccc21. The number of unbranched alkanes of at least 4 members (excludes halogenated alkanes) is 2. The molecular weight excluding hydrogens is 241 g/mol. The molecule has 0 fully saturated rings. The fraction of sp³-hybridized carbons (Fsp3) is 0.533. The molecule has 19 heavy (non-hydrogen) atoms. The maximum atomic E-state index is 13.8. The van der Waals surface area contributed by atoms with Gasteiger partial charge in [0.25, 0.3) is 0 Å². The quantitative estimate of drug-likeness (QED) is 0.811. The molecule has 1 heterocycles. The molecule has 2 aromatic rings. The predicted octanol–water partition coefficient (Wildman–Crippen LogP) is 3.43. The number of nitrogens with two attached hydrogens (primary N) is 1. The van der Waals surface area contributed by atoms with Crippen LogP contribution >= 0.6 is 0 Å². The van der Waals surface area contributed by atoms with Gasteiger partial charge in [-0.05, 0) is 45.4 Å². The van der Waals surface area contributed by atoms with Gasteiger partial charge in [0.1, 0.15) is 11.3 Å². The molecule has 0 aliphatic carbocycles. The minimum atomic E-state index is -0.236. The Morgan fingerprint density at radius 1 is 1.26 bits per heavy atom. The van der Waals surface area contributed by atoms with Gasteiger partial charge in [0, 0.05) is 12.5 Å². The molecule has 2 N–H and O–H groups in total. The molecule has 0 saturated heterocycles. The van der Waals surface area contributed by atoms with E-state index in [1.54, 1.807) is 6.07 Å². The van der Waals surface area contributed by atoms with Gasteiger partial charge >= 0.3 is 0 Å². The number of para-hydroxylation sites is 1. The molecule has 104 valence electrons. The van der Waals surface area contributed by atoms with Crippen molar-refractivity contribution < 1.29 is 4.39 Å². The number of hydrogen-bond donors (Lipinski definition) is 1. The van der Waals surface area contributed by atoms with Gasteiger partial charge in [0.15, 0.2) is 5.82 Å². The summed E-state index contributed by atoms with van der Waals surface area (Å²) >= 11 is 0. The molecule has 0 atom stereocenters. The predicted molar refractivity (Wildman–Crippen MR) is 76.7 cm³/mol. The van der Waals surface area contributed by atoms with E-state index in [0.717, 1.165) is 43.6 Å². The smallest absolute Gasteiger partial charge is 0.151 e. The van der Waals surface area contributed by atoms with Gasteiger partial charge in [-0.2, -0.15) is 0 Å². The van der Waals surface area contributed by atoms with Crippen LogP contribution in [0.5, 0.6) is 0 Å². The Kier molecular flexibility index (Phi) is 4.53. The lowest BCUT2D eigenvalue weighted by atomic mass is 10.2. The number of hydrogen-bond acceptors (Lipinski definition) is 2. The van der Waals surface area contributed by atoms with Crippen molar-refractivity contribution in [3.63, 3.8) is 0 Å². The minimum absolute atomic E-state index is 0.236. The maximum Gasteiger partial charge on any atom is 0.151 e. The summed E-state index contributed by atoms with van der Waals surface area (Å²) in [5.41, 5.74) is 6.88. The summed E-state index contributed by atoms with van der Waals surface area (Å²) in [6.07, 6.45) is 4.07. The van der Waals surface area contributed by atoms with Crippen molar-refractivity contribution >= 4 is 11.0 Å². The molecule has 2 rings (SSSR count). The molecular formula is C15H22FN3. The second-order valence-electron chi connectivity index (χ2n) is 5.20. The highest BCUT2D eigenvalue weighted by Crippen LogP contribution is 2.24. The van der Waals surface area contributed by atoms with Crippen LogP contribution in [0, 0.1) is 5.82 Å². The lowest BCUT2D eigenvalue weighted by Crippen LogP contribution is -2.07. The summed E-state index contributed by atoms with van der Waals surface area (Å²) in [4.78, 5) is 4.49. The van der Waals surface area contributed by atoms with E-state index < -0.39 is 0 Å². The monoisotopic (exact) mass is 263 g/mol. The van der Waals surface area contributed by atoms with Crippen LogP contribution in [0.2, 0.25) is 0 Å². The van der Waals surface area contributed by atoms with Crippen molar-refractivity contribution in [2.75, 3.05) is 6.54 Å². The third-order valence-corrected chi connectivity index (χ3v) is 3.36. The molecule has 0 aliphatic rings. The average molecular weight is 263 g/mol. The molecule has 0 aliphatic heterocycles. The van der Waals surface area contributed by atoms with Crippen LogP contribution < -0.4 is 5.73 Å². The number of imidazole rings is 1. The van der Waals surface area contributed by atoms with Crippen molar-refractivity contribution in [1.29, 1.82) is 0 Å². The Balaban J connectivity index is 2.31. The molecule has 1 aromatic heterocycles. The van der Waals surface area contributed by atoms with E-state index in [4.69, 9.17) is 5.73 Å². The normalized spacial score (nSPS) is 11.6. The summed E-state index contributed by atoms with van der Waals surface area (Å²) < 4.78 is 15.9. The van der Waals surface area contributed by atoms with Gasteiger partial charge in [-0.3, -0.25) is 0 Å². The van der Waals surface area contributed by atoms with Crippen molar-refractivity contribution in [3.05, 3.63) is 29.8 Å². The van der Waals surface area contributed by atoms with Crippen LogP contribution in [-0.2, 0) is 6.42 Å². The van der Waals surface area contributed by atoms with E-state index in [1.165, 1.54) is 6.07 Å². The fourth-order valence-corrected chi connectivity index (χ4v) is 2.49. The number of aryl methyl sites for hydroxylation is 1. The van der Waals surface area contributed by atoms with Gasteiger partial charge < -0.3 is 10.3 Å². The lowest BCUT2D eigenvalue weighted by Gasteiger charge is -2.12. The summed E-state index contributed by atoms with van der Waals surface area (Å²) in [6.45, 7) is 4.94. The molecule has 0 amide bonds. The lowest BCUT2D eigenvalue weighted by molar-refractivity contribution is 0.566. The van der Waals surface area contributed by atoms with E-state index in [0.29, 0.717) is 5.52 Å². The van der Waals surface area contributed by atoms with E-state index in [1.807, 2.05) is 6.07 Å².